The molecule has 1 aliphatic rings. The van der Waals surface area contributed by atoms with E-state index >= 15 is 0 Å². The third kappa shape index (κ3) is 3.22. The fraction of sp³-hybridized carbons (Fsp3) is 0.368. The summed E-state index contributed by atoms with van der Waals surface area (Å²) in [7, 11) is 0. The molecule has 28 heavy (non-hydrogen) atoms. The van der Waals surface area contributed by atoms with E-state index < -0.39 is 18.0 Å². The molecule has 8 nitrogen and oxygen atoms in total. The Morgan fingerprint density at radius 1 is 1.46 bits per heavy atom. The van der Waals surface area contributed by atoms with Gasteiger partial charge in [-0.1, -0.05) is 0 Å². The lowest BCUT2D eigenvalue weighted by atomic mass is 10.2. The van der Waals surface area contributed by atoms with E-state index in [1.54, 1.807) is 23.6 Å². The zero-order valence-corrected chi connectivity index (χ0v) is 16.3. The molecule has 0 unspecified atom stereocenters. The highest BCUT2D eigenvalue weighted by atomic mass is 32.1. The van der Waals surface area contributed by atoms with E-state index in [9.17, 15) is 14.4 Å². The summed E-state index contributed by atoms with van der Waals surface area (Å²) in [6, 6.07) is 3.46. The number of nitrogens with one attached hydrogen (secondary N) is 1. The zero-order valence-electron chi connectivity index (χ0n) is 15.5. The van der Waals surface area contributed by atoms with Gasteiger partial charge in [0.2, 0.25) is 0 Å². The standard InChI is InChI=1S/C19H19N3O5S/c1-10-14-17(21-13-6-3-7-22(13)18(14)24)28-15(10)19(25)27-11(2)16(23)20-9-12-5-4-8-26-12/h4-5,8,11H,3,6-7,9H2,1-2H3,(H,20,23)/t11-/m0/s1. The number of fused-ring (bicyclic) bond motifs is 2. The number of aryl methyl sites for hydroxylation is 2. The quantitative estimate of drug-likeness (QED) is 0.657. The average molecular weight is 401 g/mol. The summed E-state index contributed by atoms with van der Waals surface area (Å²) < 4.78 is 12.1. The van der Waals surface area contributed by atoms with Crippen molar-refractivity contribution in [2.45, 2.75) is 45.9 Å². The second-order valence-electron chi connectivity index (χ2n) is 6.67. The number of hydrogen-bond acceptors (Lipinski definition) is 7. The molecule has 1 atom stereocenters. The summed E-state index contributed by atoms with van der Waals surface area (Å²) in [4.78, 5) is 42.8. The van der Waals surface area contributed by atoms with Gasteiger partial charge in [-0.15, -0.1) is 11.3 Å². The monoisotopic (exact) mass is 401 g/mol. The van der Waals surface area contributed by atoms with Crippen LogP contribution in [0.3, 0.4) is 0 Å². The number of hydrogen-bond donors (Lipinski definition) is 1. The first-order valence-electron chi connectivity index (χ1n) is 8.99. The van der Waals surface area contributed by atoms with Gasteiger partial charge in [0.05, 0.1) is 18.2 Å². The van der Waals surface area contributed by atoms with Crippen molar-refractivity contribution < 1.29 is 18.7 Å². The third-order valence-electron chi connectivity index (χ3n) is 4.77. The molecule has 0 radical (unpaired) electrons. The highest BCUT2D eigenvalue weighted by molar-refractivity contribution is 7.20. The molecule has 0 bridgehead atoms. The predicted octanol–water partition coefficient (Wildman–Crippen LogP) is 2.17. The Morgan fingerprint density at radius 3 is 3.04 bits per heavy atom. The number of carbonyl (C=O) groups is 2. The van der Waals surface area contributed by atoms with Gasteiger partial charge in [0.15, 0.2) is 6.10 Å². The molecule has 0 saturated carbocycles. The fourth-order valence-corrected chi connectivity index (χ4v) is 4.34. The minimum absolute atomic E-state index is 0.116. The minimum Gasteiger partial charge on any atom is -0.467 e. The molecule has 4 rings (SSSR count). The normalized spacial score (nSPS) is 14.1. The van der Waals surface area contributed by atoms with Gasteiger partial charge in [-0.3, -0.25) is 14.2 Å². The first-order valence-corrected chi connectivity index (χ1v) is 9.81. The van der Waals surface area contributed by atoms with Crippen LogP contribution >= 0.6 is 11.3 Å². The summed E-state index contributed by atoms with van der Waals surface area (Å²) in [5.74, 6) is 0.294. The predicted molar refractivity (Wildman–Crippen MR) is 102 cm³/mol. The Morgan fingerprint density at radius 2 is 2.29 bits per heavy atom. The molecule has 0 saturated heterocycles. The maximum atomic E-state index is 12.7. The average Bonchev–Trinajstić information content (AvgIpc) is 3.40. The topological polar surface area (TPSA) is 103 Å². The first kappa shape index (κ1) is 18.4. The van der Waals surface area contributed by atoms with Crippen LogP contribution in [0.5, 0.6) is 0 Å². The molecule has 9 heteroatoms. The zero-order chi connectivity index (χ0) is 19.8. The summed E-state index contributed by atoms with van der Waals surface area (Å²) in [6.07, 6.45) is 2.19. The van der Waals surface area contributed by atoms with Gasteiger partial charge >= 0.3 is 5.97 Å². The Labute approximate surface area is 164 Å². The summed E-state index contributed by atoms with van der Waals surface area (Å²) in [6.45, 7) is 4.07. The van der Waals surface area contributed by atoms with Crippen LogP contribution in [0.1, 0.15) is 40.2 Å². The number of rotatable bonds is 5. The van der Waals surface area contributed by atoms with Crippen molar-refractivity contribution in [1.82, 2.24) is 14.9 Å². The maximum absolute atomic E-state index is 12.7. The molecule has 0 aliphatic carbocycles. The number of ether oxygens (including phenoxy) is 1. The Hall–Kier alpha value is -2.94. The fourth-order valence-electron chi connectivity index (χ4n) is 3.27. The van der Waals surface area contributed by atoms with Gasteiger partial charge in [0.1, 0.15) is 21.3 Å². The van der Waals surface area contributed by atoms with Gasteiger partial charge in [0, 0.05) is 13.0 Å². The highest BCUT2D eigenvalue weighted by Crippen LogP contribution is 2.29. The summed E-state index contributed by atoms with van der Waals surface area (Å²) in [5, 5.41) is 3.11. The number of esters is 1. The number of furan rings is 1. The second-order valence-corrected chi connectivity index (χ2v) is 7.67. The molecule has 146 valence electrons. The van der Waals surface area contributed by atoms with Gasteiger partial charge in [-0.05, 0) is 38.0 Å². The Bertz CT molecular complexity index is 1110. The van der Waals surface area contributed by atoms with E-state index in [0.29, 0.717) is 33.0 Å². The van der Waals surface area contributed by atoms with Crippen molar-refractivity contribution in [3.63, 3.8) is 0 Å². The number of thiophene rings is 1. The van der Waals surface area contributed by atoms with E-state index in [2.05, 4.69) is 10.3 Å². The van der Waals surface area contributed by atoms with E-state index in [0.717, 1.165) is 30.0 Å². The van der Waals surface area contributed by atoms with Crippen LogP contribution < -0.4 is 10.9 Å². The first-order chi connectivity index (χ1) is 13.5. The highest BCUT2D eigenvalue weighted by Gasteiger charge is 2.26. The molecular weight excluding hydrogens is 382 g/mol. The van der Waals surface area contributed by atoms with Crippen molar-refractivity contribution >= 4 is 33.4 Å². The van der Waals surface area contributed by atoms with Gasteiger partial charge in [-0.2, -0.15) is 0 Å². The Balaban J connectivity index is 1.51. The van der Waals surface area contributed by atoms with Crippen LogP contribution in [0, 0.1) is 6.92 Å². The van der Waals surface area contributed by atoms with E-state index in [1.807, 2.05) is 0 Å². The number of carbonyl (C=O) groups excluding carboxylic acids is 2. The molecule has 1 amide bonds. The van der Waals surface area contributed by atoms with Gasteiger partial charge < -0.3 is 14.5 Å². The molecule has 0 aromatic carbocycles. The molecular formula is C19H19N3O5S. The lowest BCUT2D eigenvalue weighted by Gasteiger charge is -2.12. The lowest BCUT2D eigenvalue weighted by Crippen LogP contribution is -2.35. The Kier molecular flexibility index (Phi) is 4.76. The minimum atomic E-state index is -0.980. The summed E-state index contributed by atoms with van der Waals surface area (Å²) in [5.41, 5.74) is 0.433. The van der Waals surface area contributed by atoms with Crippen molar-refractivity contribution in [3.8, 4) is 0 Å². The van der Waals surface area contributed by atoms with E-state index in [4.69, 9.17) is 9.15 Å². The molecule has 1 aliphatic heterocycles. The maximum Gasteiger partial charge on any atom is 0.349 e. The second kappa shape index (κ2) is 7.23. The van der Waals surface area contributed by atoms with Crippen LogP contribution in [0.25, 0.3) is 10.2 Å². The van der Waals surface area contributed by atoms with E-state index in [1.165, 1.54) is 13.2 Å². The van der Waals surface area contributed by atoms with Crippen LogP contribution in [-0.4, -0.2) is 27.5 Å². The van der Waals surface area contributed by atoms with Gasteiger partial charge in [0.25, 0.3) is 11.5 Å². The van der Waals surface area contributed by atoms with Gasteiger partial charge in [-0.25, -0.2) is 9.78 Å². The molecule has 0 spiro atoms. The smallest absolute Gasteiger partial charge is 0.349 e. The van der Waals surface area contributed by atoms with Crippen molar-refractivity contribution in [2.75, 3.05) is 0 Å². The van der Waals surface area contributed by atoms with E-state index in [-0.39, 0.29) is 12.1 Å². The largest absolute Gasteiger partial charge is 0.467 e. The molecule has 3 aromatic rings. The van der Waals surface area contributed by atoms with Crippen LogP contribution in [-0.2, 0) is 29.0 Å². The van der Waals surface area contributed by atoms with Crippen molar-refractivity contribution in [1.29, 1.82) is 0 Å². The lowest BCUT2D eigenvalue weighted by molar-refractivity contribution is -0.129. The molecule has 3 aromatic heterocycles. The molecule has 4 heterocycles. The third-order valence-corrected chi connectivity index (χ3v) is 5.93. The van der Waals surface area contributed by atoms with Crippen molar-refractivity contribution in [3.05, 3.63) is 50.8 Å². The number of nitrogens with zero attached hydrogens (tertiary/aromatic N) is 2. The number of aromatic nitrogens is 2. The van der Waals surface area contributed by atoms with Crippen LogP contribution in [0.15, 0.2) is 27.6 Å². The van der Waals surface area contributed by atoms with Crippen LogP contribution in [0.2, 0.25) is 0 Å². The molecule has 0 fully saturated rings. The SMILES string of the molecule is Cc1c(C(=O)O[C@@H](C)C(=O)NCc2ccco2)sc2nc3n(c(=O)c12)CCC3. The number of amides is 1. The van der Waals surface area contributed by atoms with Crippen LogP contribution in [0.4, 0.5) is 0 Å². The van der Waals surface area contributed by atoms with Crippen molar-refractivity contribution in [2.24, 2.45) is 0 Å². The summed E-state index contributed by atoms with van der Waals surface area (Å²) >= 11 is 1.13. The molecule has 1 N–H and O–H groups in total.